The fourth-order valence-electron chi connectivity index (χ4n) is 4.58. The number of hydrogen-bond acceptors (Lipinski definition) is 8. The number of rotatable bonds is 8. The Morgan fingerprint density at radius 2 is 2.11 bits per heavy atom. The first-order valence-corrected chi connectivity index (χ1v) is 12.8. The predicted octanol–water partition coefficient (Wildman–Crippen LogP) is 4.17. The molecular weight excluding hydrogens is 486 g/mol. The van der Waals surface area contributed by atoms with Crippen LogP contribution in [0, 0.1) is 6.92 Å². The van der Waals surface area contributed by atoms with Crippen LogP contribution in [0.4, 0.5) is 0 Å². The van der Waals surface area contributed by atoms with Gasteiger partial charge in [-0.3, -0.25) is 14.3 Å². The third kappa shape index (κ3) is 5.11. The molecule has 0 aliphatic carbocycles. The van der Waals surface area contributed by atoms with Gasteiger partial charge in [-0.2, -0.15) is 10.2 Å². The zero-order chi connectivity index (χ0) is 26.8. The number of hydrogen-bond donors (Lipinski definition) is 0. The van der Waals surface area contributed by atoms with Crippen molar-refractivity contribution in [2.24, 2.45) is 0 Å². The summed E-state index contributed by atoms with van der Waals surface area (Å²) in [6, 6.07) is 7.81. The molecule has 1 unspecified atom stereocenters. The summed E-state index contributed by atoms with van der Waals surface area (Å²) in [6.07, 6.45) is 6.38. The summed E-state index contributed by atoms with van der Waals surface area (Å²) in [6.45, 7) is 6.68. The predicted molar refractivity (Wildman–Crippen MR) is 141 cm³/mol. The van der Waals surface area contributed by atoms with Gasteiger partial charge < -0.3 is 9.47 Å². The van der Waals surface area contributed by atoms with E-state index in [2.05, 4.69) is 10.1 Å². The van der Waals surface area contributed by atoms with Gasteiger partial charge in [0.2, 0.25) is 0 Å². The average Bonchev–Trinajstić information content (AvgIpc) is 3.48. The van der Waals surface area contributed by atoms with E-state index in [0.29, 0.717) is 23.8 Å². The standard InChI is InChI=1S/C27H33N7O4/c1-17(2)38-19-9-10-23-20(14-19)26(31-34(23)25-8-6-7-13-37-25)27-28-12-11-22(30-27)21-15-29-33(18(21)3)16-24(35)32(4)36-5/h9-12,14-15,17,25H,6-8,13,16H2,1-5H3. The molecule has 11 nitrogen and oxygen atoms in total. The van der Waals surface area contributed by atoms with Crippen LogP contribution in [0.2, 0.25) is 0 Å². The van der Waals surface area contributed by atoms with E-state index in [0.717, 1.165) is 47.2 Å². The maximum absolute atomic E-state index is 12.3. The first kappa shape index (κ1) is 25.8. The van der Waals surface area contributed by atoms with E-state index >= 15 is 0 Å². The van der Waals surface area contributed by atoms with Gasteiger partial charge in [-0.15, -0.1) is 0 Å². The summed E-state index contributed by atoms with van der Waals surface area (Å²) in [4.78, 5) is 26.8. The second-order valence-electron chi connectivity index (χ2n) is 9.60. The van der Waals surface area contributed by atoms with E-state index in [4.69, 9.17) is 24.4 Å². The zero-order valence-corrected chi connectivity index (χ0v) is 22.4. The van der Waals surface area contributed by atoms with Gasteiger partial charge in [0.05, 0.1) is 30.6 Å². The number of aromatic nitrogens is 6. The van der Waals surface area contributed by atoms with E-state index in [1.807, 2.05) is 49.7 Å². The topological polar surface area (TPSA) is 109 Å². The summed E-state index contributed by atoms with van der Waals surface area (Å²) in [5.74, 6) is 1.04. The van der Waals surface area contributed by atoms with Gasteiger partial charge in [-0.1, -0.05) is 0 Å². The Hall–Kier alpha value is -3.83. The highest BCUT2D eigenvalue weighted by Gasteiger charge is 2.24. The molecule has 0 spiro atoms. The fraction of sp³-hybridized carbons (Fsp3) is 0.444. The molecule has 0 N–H and O–H groups in total. The Balaban J connectivity index is 1.55. The lowest BCUT2D eigenvalue weighted by atomic mass is 10.1. The van der Waals surface area contributed by atoms with Crippen LogP contribution in [0.1, 0.15) is 45.0 Å². The normalized spacial score (nSPS) is 15.8. The largest absolute Gasteiger partial charge is 0.491 e. The number of ether oxygens (including phenoxy) is 2. The van der Waals surface area contributed by atoms with Crippen LogP contribution in [-0.2, 0) is 20.9 Å². The summed E-state index contributed by atoms with van der Waals surface area (Å²) >= 11 is 0. The van der Waals surface area contributed by atoms with Crippen molar-refractivity contribution in [1.82, 2.24) is 34.6 Å². The zero-order valence-electron chi connectivity index (χ0n) is 22.4. The minimum absolute atomic E-state index is 0.0438. The van der Waals surface area contributed by atoms with E-state index in [1.165, 1.54) is 12.2 Å². The number of hydroxylamine groups is 2. The molecule has 3 aromatic heterocycles. The second kappa shape index (κ2) is 10.9. The number of likely N-dealkylation sites (N-methyl/N-ethyl adjacent to an activating group) is 1. The Morgan fingerprint density at radius 3 is 2.84 bits per heavy atom. The van der Waals surface area contributed by atoms with Gasteiger partial charge in [0.15, 0.2) is 12.1 Å². The Morgan fingerprint density at radius 1 is 1.26 bits per heavy atom. The Labute approximate surface area is 221 Å². The fourth-order valence-corrected chi connectivity index (χ4v) is 4.58. The van der Waals surface area contributed by atoms with Gasteiger partial charge in [-0.25, -0.2) is 19.7 Å². The molecule has 0 bridgehead atoms. The van der Waals surface area contributed by atoms with Crippen LogP contribution in [0.15, 0.2) is 36.7 Å². The molecule has 1 fully saturated rings. The lowest BCUT2D eigenvalue weighted by Crippen LogP contribution is -2.29. The summed E-state index contributed by atoms with van der Waals surface area (Å²) in [5.41, 5.74) is 3.92. The molecule has 38 heavy (non-hydrogen) atoms. The quantitative estimate of drug-likeness (QED) is 0.319. The van der Waals surface area contributed by atoms with Crippen molar-refractivity contribution in [3.8, 4) is 28.5 Å². The minimum Gasteiger partial charge on any atom is -0.491 e. The number of nitrogens with zero attached hydrogens (tertiary/aromatic N) is 7. The molecule has 1 aliphatic rings. The smallest absolute Gasteiger partial charge is 0.267 e. The first-order chi connectivity index (χ1) is 18.4. The van der Waals surface area contributed by atoms with Crippen LogP contribution in [0.5, 0.6) is 5.75 Å². The van der Waals surface area contributed by atoms with Crippen LogP contribution < -0.4 is 4.74 Å². The number of benzene rings is 1. The molecule has 200 valence electrons. The molecule has 11 heteroatoms. The third-order valence-corrected chi connectivity index (χ3v) is 6.63. The highest BCUT2D eigenvalue weighted by Crippen LogP contribution is 2.34. The van der Waals surface area contributed by atoms with E-state index in [1.54, 1.807) is 24.1 Å². The second-order valence-corrected chi connectivity index (χ2v) is 9.60. The summed E-state index contributed by atoms with van der Waals surface area (Å²) < 4.78 is 15.6. The lowest BCUT2D eigenvalue weighted by molar-refractivity contribution is -0.169. The number of carbonyl (C=O) groups is 1. The molecule has 4 aromatic rings. The number of carbonyl (C=O) groups excluding carboxylic acids is 1. The molecular formula is C27H33N7O4. The molecule has 5 rings (SSSR count). The van der Waals surface area contributed by atoms with Crippen LogP contribution >= 0.6 is 0 Å². The molecule has 1 aromatic carbocycles. The molecule has 0 radical (unpaired) electrons. The maximum atomic E-state index is 12.3. The van der Waals surface area contributed by atoms with Crippen molar-refractivity contribution in [3.63, 3.8) is 0 Å². The van der Waals surface area contributed by atoms with Crippen molar-refractivity contribution >= 4 is 16.8 Å². The Bertz CT molecular complexity index is 1440. The maximum Gasteiger partial charge on any atom is 0.267 e. The number of fused-ring (bicyclic) bond motifs is 1. The van der Waals surface area contributed by atoms with E-state index < -0.39 is 0 Å². The molecule has 1 amide bonds. The molecule has 4 heterocycles. The van der Waals surface area contributed by atoms with Crippen LogP contribution in [-0.4, -0.2) is 67.4 Å². The molecule has 1 saturated heterocycles. The molecule has 1 aliphatic heterocycles. The lowest BCUT2D eigenvalue weighted by Gasteiger charge is -2.23. The van der Waals surface area contributed by atoms with Crippen LogP contribution in [0.25, 0.3) is 33.7 Å². The van der Waals surface area contributed by atoms with Crippen molar-refractivity contribution in [3.05, 3.63) is 42.4 Å². The monoisotopic (exact) mass is 519 g/mol. The third-order valence-electron chi connectivity index (χ3n) is 6.63. The van der Waals surface area contributed by atoms with Crippen molar-refractivity contribution in [1.29, 1.82) is 0 Å². The van der Waals surface area contributed by atoms with Crippen molar-refractivity contribution < 1.29 is 19.1 Å². The highest BCUT2D eigenvalue weighted by atomic mass is 16.7. The van der Waals surface area contributed by atoms with Gasteiger partial charge in [0.1, 0.15) is 18.0 Å². The number of amides is 1. The minimum atomic E-state index is -0.213. The summed E-state index contributed by atoms with van der Waals surface area (Å²) in [5, 5.41) is 11.4. The van der Waals surface area contributed by atoms with Gasteiger partial charge in [0.25, 0.3) is 5.91 Å². The van der Waals surface area contributed by atoms with Gasteiger partial charge in [0, 0.05) is 36.5 Å². The van der Waals surface area contributed by atoms with Crippen molar-refractivity contribution in [2.75, 3.05) is 20.8 Å². The van der Waals surface area contributed by atoms with Crippen LogP contribution in [0.3, 0.4) is 0 Å². The Kier molecular flexibility index (Phi) is 7.39. The SMILES string of the molecule is CON(C)C(=O)Cn1ncc(-c2ccnc(-c3nn(C4CCCCO4)c4ccc(OC(C)C)cc34)n2)c1C. The van der Waals surface area contributed by atoms with E-state index in [9.17, 15) is 4.79 Å². The average molecular weight is 520 g/mol. The molecule has 1 atom stereocenters. The van der Waals surface area contributed by atoms with E-state index in [-0.39, 0.29) is 24.8 Å². The molecule has 0 saturated carbocycles. The van der Waals surface area contributed by atoms with Crippen molar-refractivity contribution in [2.45, 2.75) is 58.9 Å². The first-order valence-electron chi connectivity index (χ1n) is 12.8. The summed E-state index contributed by atoms with van der Waals surface area (Å²) in [7, 11) is 3.02. The van der Waals surface area contributed by atoms with Gasteiger partial charge >= 0.3 is 0 Å². The highest BCUT2D eigenvalue weighted by molar-refractivity contribution is 5.93. The van der Waals surface area contributed by atoms with Gasteiger partial charge in [-0.05, 0) is 64.3 Å².